The molecule has 0 aliphatic carbocycles. The summed E-state index contributed by atoms with van der Waals surface area (Å²) in [6.07, 6.45) is 1.42. The third-order valence-corrected chi connectivity index (χ3v) is 3.63. The Balaban J connectivity index is 2.10. The second-order valence-electron chi connectivity index (χ2n) is 4.61. The van der Waals surface area contributed by atoms with E-state index in [4.69, 9.17) is 5.11 Å². The number of nitrogens with one attached hydrogen (secondary N) is 1. The van der Waals surface area contributed by atoms with Crippen molar-refractivity contribution in [1.29, 1.82) is 0 Å². The van der Waals surface area contributed by atoms with Crippen LogP contribution in [-0.2, 0) is 6.42 Å². The predicted molar refractivity (Wildman–Crippen MR) is 83.9 cm³/mol. The maximum atomic E-state index is 13.4. The first-order chi connectivity index (χ1) is 10.1. The van der Waals surface area contributed by atoms with Crippen molar-refractivity contribution in [2.24, 2.45) is 0 Å². The molecular weight excluding hydrogens is 337 g/mol. The lowest BCUT2D eigenvalue weighted by Gasteiger charge is -2.08. The number of amides is 1. The standard InChI is InChI=1S/C16H15BrFNO2/c17-14-7-6-12(10-15(14)18)16(21)19-13-5-1-3-11(9-13)4-2-8-20/h1,3,5-7,9-10,20H,2,4,8H2,(H,19,21). The van der Waals surface area contributed by atoms with Gasteiger partial charge in [0, 0.05) is 17.9 Å². The first-order valence-electron chi connectivity index (χ1n) is 6.56. The van der Waals surface area contributed by atoms with Crippen LogP contribution in [0.4, 0.5) is 10.1 Å². The van der Waals surface area contributed by atoms with Crippen LogP contribution < -0.4 is 5.32 Å². The number of halogens is 2. The number of aliphatic hydroxyl groups excluding tert-OH is 1. The quantitative estimate of drug-likeness (QED) is 0.861. The van der Waals surface area contributed by atoms with Crippen molar-refractivity contribution in [2.75, 3.05) is 11.9 Å². The second-order valence-corrected chi connectivity index (χ2v) is 5.46. The fraction of sp³-hybridized carbons (Fsp3) is 0.188. The van der Waals surface area contributed by atoms with Gasteiger partial charge in [-0.3, -0.25) is 4.79 Å². The van der Waals surface area contributed by atoms with E-state index < -0.39 is 5.82 Å². The van der Waals surface area contributed by atoms with Crippen LogP contribution in [0.1, 0.15) is 22.3 Å². The summed E-state index contributed by atoms with van der Waals surface area (Å²) < 4.78 is 13.8. The summed E-state index contributed by atoms with van der Waals surface area (Å²) in [5.41, 5.74) is 1.94. The monoisotopic (exact) mass is 351 g/mol. The van der Waals surface area contributed by atoms with E-state index >= 15 is 0 Å². The second kappa shape index (κ2) is 7.33. The van der Waals surface area contributed by atoms with E-state index in [9.17, 15) is 9.18 Å². The minimum Gasteiger partial charge on any atom is -0.396 e. The minimum atomic E-state index is -0.473. The molecule has 0 saturated carbocycles. The summed E-state index contributed by atoms with van der Waals surface area (Å²) in [5, 5.41) is 11.6. The highest BCUT2D eigenvalue weighted by molar-refractivity contribution is 9.10. The highest BCUT2D eigenvalue weighted by atomic mass is 79.9. The van der Waals surface area contributed by atoms with Crippen molar-refractivity contribution in [2.45, 2.75) is 12.8 Å². The van der Waals surface area contributed by atoms with Gasteiger partial charge >= 0.3 is 0 Å². The largest absolute Gasteiger partial charge is 0.396 e. The number of benzene rings is 2. The van der Waals surface area contributed by atoms with Crippen LogP contribution in [0.3, 0.4) is 0 Å². The first-order valence-corrected chi connectivity index (χ1v) is 7.35. The number of carbonyl (C=O) groups excluding carboxylic acids is 1. The van der Waals surface area contributed by atoms with Crippen molar-refractivity contribution in [3.8, 4) is 0 Å². The molecule has 0 heterocycles. The SMILES string of the molecule is O=C(Nc1cccc(CCCO)c1)c1ccc(Br)c(F)c1. The summed E-state index contributed by atoms with van der Waals surface area (Å²) in [5.74, 6) is -0.833. The van der Waals surface area contributed by atoms with Gasteiger partial charge in [0.05, 0.1) is 4.47 Å². The van der Waals surface area contributed by atoms with E-state index in [2.05, 4.69) is 21.2 Å². The van der Waals surface area contributed by atoms with Crippen LogP contribution in [-0.4, -0.2) is 17.6 Å². The first kappa shape index (κ1) is 15.7. The van der Waals surface area contributed by atoms with Gasteiger partial charge < -0.3 is 10.4 Å². The lowest BCUT2D eigenvalue weighted by Crippen LogP contribution is -2.12. The van der Waals surface area contributed by atoms with Gasteiger partial charge in [0.15, 0.2) is 0 Å². The molecule has 2 aromatic carbocycles. The van der Waals surface area contributed by atoms with Crippen LogP contribution in [0.15, 0.2) is 46.9 Å². The topological polar surface area (TPSA) is 49.3 Å². The predicted octanol–water partition coefficient (Wildman–Crippen LogP) is 3.77. The maximum absolute atomic E-state index is 13.4. The van der Waals surface area contributed by atoms with Crippen LogP contribution in [0.25, 0.3) is 0 Å². The average molecular weight is 352 g/mol. The lowest BCUT2D eigenvalue weighted by molar-refractivity contribution is 0.102. The molecule has 0 bridgehead atoms. The van der Waals surface area contributed by atoms with E-state index in [0.29, 0.717) is 16.6 Å². The van der Waals surface area contributed by atoms with Crippen LogP contribution in [0.5, 0.6) is 0 Å². The molecule has 2 N–H and O–H groups in total. The summed E-state index contributed by atoms with van der Waals surface area (Å²) in [7, 11) is 0. The number of aliphatic hydroxyl groups is 1. The summed E-state index contributed by atoms with van der Waals surface area (Å²) in [6, 6.07) is 11.6. The molecule has 110 valence electrons. The molecule has 0 radical (unpaired) electrons. The smallest absolute Gasteiger partial charge is 0.255 e. The van der Waals surface area contributed by atoms with E-state index in [0.717, 1.165) is 12.0 Å². The molecular formula is C16H15BrFNO2. The molecule has 0 atom stereocenters. The molecule has 0 saturated heterocycles. The zero-order chi connectivity index (χ0) is 15.2. The molecule has 5 heteroatoms. The zero-order valence-corrected chi connectivity index (χ0v) is 12.9. The van der Waals surface area contributed by atoms with E-state index in [1.807, 2.05) is 18.2 Å². The van der Waals surface area contributed by atoms with E-state index in [1.165, 1.54) is 12.1 Å². The Labute approximate surface area is 130 Å². The van der Waals surface area contributed by atoms with Crippen molar-refractivity contribution < 1.29 is 14.3 Å². The average Bonchev–Trinajstić information content (AvgIpc) is 2.48. The fourth-order valence-corrected chi connectivity index (χ4v) is 2.18. The third-order valence-electron chi connectivity index (χ3n) is 2.99. The van der Waals surface area contributed by atoms with Gasteiger partial charge in [0.25, 0.3) is 5.91 Å². The molecule has 0 fully saturated rings. The Hall–Kier alpha value is -1.72. The zero-order valence-electron chi connectivity index (χ0n) is 11.3. The molecule has 0 unspecified atom stereocenters. The van der Waals surface area contributed by atoms with Crippen molar-refractivity contribution >= 4 is 27.5 Å². The van der Waals surface area contributed by atoms with Gasteiger partial charge in [-0.1, -0.05) is 12.1 Å². The van der Waals surface area contributed by atoms with Gasteiger partial charge in [0.1, 0.15) is 5.82 Å². The summed E-state index contributed by atoms with van der Waals surface area (Å²) in [6.45, 7) is 0.134. The molecule has 1 amide bonds. The molecule has 2 rings (SSSR count). The van der Waals surface area contributed by atoms with Crippen LogP contribution >= 0.6 is 15.9 Å². The Bertz CT molecular complexity index is 646. The van der Waals surface area contributed by atoms with Crippen LogP contribution in [0, 0.1) is 5.82 Å². The molecule has 0 spiro atoms. The number of carbonyl (C=O) groups is 1. The highest BCUT2D eigenvalue weighted by Crippen LogP contribution is 2.18. The number of anilines is 1. The molecule has 21 heavy (non-hydrogen) atoms. The third kappa shape index (κ3) is 4.37. The van der Waals surface area contributed by atoms with E-state index in [-0.39, 0.29) is 18.1 Å². The van der Waals surface area contributed by atoms with Crippen LogP contribution in [0.2, 0.25) is 0 Å². The Morgan fingerprint density at radius 3 is 2.76 bits per heavy atom. The Morgan fingerprint density at radius 1 is 1.24 bits per heavy atom. The number of hydrogen-bond acceptors (Lipinski definition) is 2. The van der Waals surface area contributed by atoms with Gasteiger partial charge in [-0.25, -0.2) is 4.39 Å². The molecule has 0 aliphatic heterocycles. The maximum Gasteiger partial charge on any atom is 0.255 e. The number of rotatable bonds is 5. The summed E-state index contributed by atoms with van der Waals surface area (Å²) in [4.78, 5) is 12.1. The Morgan fingerprint density at radius 2 is 2.05 bits per heavy atom. The van der Waals surface area contributed by atoms with Gasteiger partial charge in [-0.05, 0) is 64.7 Å². The lowest BCUT2D eigenvalue weighted by atomic mass is 10.1. The minimum absolute atomic E-state index is 0.134. The normalized spacial score (nSPS) is 10.4. The van der Waals surface area contributed by atoms with Gasteiger partial charge in [-0.2, -0.15) is 0 Å². The fourth-order valence-electron chi connectivity index (χ4n) is 1.93. The molecule has 3 nitrogen and oxygen atoms in total. The number of hydrogen-bond donors (Lipinski definition) is 2. The van der Waals surface area contributed by atoms with Crippen molar-refractivity contribution in [3.05, 3.63) is 63.9 Å². The van der Waals surface area contributed by atoms with Gasteiger partial charge in [-0.15, -0.1) is 0 Å². The molecule has 0 aliphatic rings. The van der Waals surface area contributed by atoms with E-state index in [1.54, 1.807) is 12.1 Å². The highest BCUT2D eigenvalue weighted by Gasteiger charge is 2.09. The van der Waals surface area contributed by atoms with Crippen molar-refractivity contribution in [3.63, 3.8) is 0 Å². The Kier molecular flexibility index (Phi) is 5.47. The van der Waals surface area contributed by atoms with Gasteiger partial charge in [0.2, 0.25) is 0 Å². The number of aryl methyl sites for hydroxylation is 1. The summed E-state index contributed by atoms with van der Waals surface area (Å²) >= 11 is 3.05. The molecule has 0 aromatic heterocycles. The van der Waals surface area contributed by atoms with Crippen molar-refractivity contribution in [1.82, 2.24) is 0 Å². The molecule has 2 aromatic rings.